The number of halogens is 3. The third-order valence-corrected chi connectivity index (χ3v) is 4.16. The maximum atomic E-state index is 13.6. The number of aryl methyl sites for hydroxylation is 1. The number of hydrogen-bond donors (Lipinski definition) is 1. The topological polar surface area (TPSA) is 29.1 Å². The Morgan fingerprint density at radius 3 is 2.53 bits per heavy atom. The highest BCUT2D eigenvalue weighted by Crippen LogP contribution is 2.23. The fraction of sp³-hybridized carbons (Fsp3) is 0.0714. The van der Waals surface area contributed by atoms with Crippen LogP contribution in [0.2, 0.25) is 0 Å². The molecule has 0 aliphatic heterocycles. The monoisotopic (exact) mass is 385 g/mol. The molecule has 1 amide bonds. The quantitative estimate of drug-likeness (QED) is 0.780. The molecule has 2 aromatic rings. The molecule has 0 heterocycles. The van der Waals surface area contributed by atoms with Crippen molar-refractivity contribution in [2.24, 2.45) is 0 Å². The first-order valence-electron chi connectivity index (χ1n) is 5.50. The molecule has 0 aliphatic carbocycles. The minimum atomic E-state index is -0.555. The fourth-order valence-corrected chi connectivity index (χ4v) is 2.40. The Morgan fingerprint density at radius 1 is 1.16 bits per heavy atom. The van der Waals surface area contributed by atoms with Crippen LogP contribution in [0.5, 0.6) is 0 Å². The van der Waals surface area contributed by atoms with Crippen LogP contribution in [0.3, 0.4) is 0 Å². The van der Waals surface area contributed by atoms with E-state index >= 15 is 0 Å². The van der Waals surface area contributed by atoms with Crippen molar-refractivity contribution < 1.29 is 9.18 Å². The van der Waals surface area contributed by atoms with Gasteiger partial charge in [-0.05, 0) is 58.7 Å². The van der Waals surface area contributed by atoms with Crippen LogP contribution in [0.4, 0.5) is 10.1 Å². The van der Waals surface area contributed by atoms with Gasteiger partial charge in [-0.2, -0.15) is 0 Å². The zero-order valence-electron chi connectivity index (χ0n) is 10.0. The van der Waals surface area contributed by atoms with Crippen molar-refractivity contribution in [1.29, 1.82) is 0 Å². The fourth-order valence-electron chi connectivity index (χ4n) is 1.63. The second kappa shape index (κ2) is 5.84. The Bertz CT molecular complexity index is 623. The average molecular weight is 387 g/mol. The third kappa shape index (κ3) is 3.22. The summed E-state index contributed by atoms with van der Waals surface area (Å²) in [5.74, 6) is -1.03. The molecule has 0 saturated carbocycles. The number of carbonyl (C=O) groups excluding carboxylic acids is 1. The molecule has 98 valence electrons. The molecule has 0 aliphatic rings. The molecule has 0 atom stereocenters. The first-order chi connectivity index (χ1) is 8.99. The van der Waals surface area contributed by atoms with E-state index in [9.17, 15) is 9.18 Å². The zero-order valence-corrected chi connectivity index (χ0v) is 13.2. The lowest BCUT2D eigenvalue weighted by Crippen LogP contribution is -2.14. The summed E-state index contributed by atoms with van der Waals surface area (Å²) in [5.41, 5.74) is 1.62. The van der Waals surface area contributed by atoms with Gasteiger partial charge in [0, 0.05) is 14.6 Å². The highest BCUT2D eigenvalue weighted by Gasteiger charge is 2.15. The van der Waals surface area contributed by atoms with Gasteiger partial charge in [-0.15, -0.1) is 0 Å². The molecule has 19 heavy (non-hydrogen) atoms. The van der Waals surface area contributed by atoms with Gasteiger partial charge in [0.25, 0.3) is 5.91 Å². The second-order valence-electron chi connectivity index (χ2n) is 4.01. The van der Waals surface area contributed by atoms with E-state index in [1.54, 1.807) is 18.2 Å². The molecule has 0 aromatic heterocycles. The molecule has 0 unspecified atom stereocenters. The Morgan fingerprint density at radius 2 is 1.89 bits per heavy atom. The molecular formula is C14H10Br2FNO. The summed E-state index contributed by atoms with van der Waals surface area (Å²) in [5, 5.41) is 2.68. The number of nitrogens with one attached hydrogen (secondary N) is 1. The average Bonchev–Trinajstić information content (AvgIpc) is 2.33. The number of rotatable bonds is 2. The Kier molecular flexibility index (Phi) is 4.37. The van der Waals surface area contributed by atoms with Crippen LogP contribution in [0, 0.1) is 12.7 Å². The summed E-state index contributed by atoms with van der Waals surface area (Å²) in [4.78, 5) is 12.1. The van der Waals surface area contributed by atoms with Gasteiger partial charge in [0.15, 0.2) is 0 Å². The zero-order chi connectivity index (χ0) is 14.0. The van der Waals surface area contributed by atoms with Crippen molar-refractivity contribution in [1.82, 2.24) is 0 Å². The first-order valence-corrected chi connectivity index (χ1v) is 7.09. The van der Waals surface area contributed by atoms with Crippen LogP contribution in [-0.4, -0.2) is 5.91 Å². The van der Waals surface area contributed by atoms with Gasteiger partial charge < -0.3 is 5.32 Å². The molecule has 2 rings (SSSR count). The van der Waals surface area contributed by atoms with Gasteiger partial charge in [0.1, 0.15) is 5.82 Å². The van der Waals surface area contributed by atoms with Crippen molar-refractivity contribution in [2.45, 2.75) is 6.92 Å². The van der Waals surface area contributed by atoms with E-state index in [1.807, 2.05) is 19.1 Å². The van der Waals surface area contributed by atoms with E-state index in [0.29, 0.717) is 10.2 Å². The number of amides is 1. The summed E-state index contributed by atoms with van der Waals surface area (Å²) in [6.07, 6.45) is 0. The van der Waals surface area contributed by atoms with E-state index in [2.05, 4.69) is 37.2 Å². The Balaban J connectivity index is 2.28. The SMILES string of the molecule is Cc1cc(NC(=O)c2c(F)cccc2Br)ccc1Br. The van der Waals surface area contributed by atoms with Crippen molar-refractivity contribution in [3.8, 4) is 0 Å². The molecule has 2 aromatic carbocycles. The highest BCUT2D eigenvalue weighted by molar-refractivity contribution is 9.10. The lowest BCUT2D eigenvalue weighted by Gasteiger charge is -2.09. The molecule has 0 bridgehead atoms. The summed E-state index contributed by atoms with van der Waals surface area (Å²) >= 11 is 6.56. The normalized spacial score (nSPS) is 10.3. The lowest BCUT2D eigenvalue weighted by molar-refractivity contribution is 0.102. The molecule has 2 nitrogen and oxygen atoms in total. The molecular weight excluding hydrogens is 377 g/mol. The van der Waals surface area contributed by atoms with E-state index in [1.165, 1.54) is 6.07 Å². The smallest absolute Gasteiger partial charge is 0.259 e. The summed E-state index contributed by atoms with van der Waals surface area (Å²) in [6.45, 7) is 1.92. The first kappa shape index (κ1) is 14.2. The maximum absolute atomic E-state index is 13.6. The minimum Gasteiger partial charge on any atom is -0.322 e. The molecule has 0 fully saturated rings. The van der Waals surface area contributed by atoms with Crippen molar-refractivity contribution in [3.05, 3.63) is 62.3 Å². The van der Waals surface area contributed by atoms with Gasteiger partial charge in [-0.3, -0.25) is 4.79 Å². The highest BCUT2D eigenvalue weighted by atomic mass is 79.9. The maximum Gasteiger partial charge on any atom is 0.259 e. The van der Waals surface area contributed by atoms with Crippen LogP contribution >= 0.6 is 31.9 Å². The molecule has 5 heteroatoms. The van der Waals surface area contributed by atoms with Gasteiger partial charge in [0.2, 0.25) is 0 Å². The van der Waals surface area contributed by atoms with Gasteiger partial charge >= 0.3 is 0 Å². The minimum absolute atomic E-state index is 0.00284. The number of carbonyl (C=O) groups is 1. The predicted molar refractivity (Wildman–Crippen MR) is 80.9 cm³/mol. The lowest BCUT2D eigenvalue weighted by atomic mass is 10.2. The van der Waals surface area contributed by atoms with Gasteiger partial charge in [0.05, 0.1) is 5.56 Å². The van der Waals surface area contributed by atoms with Crippen LogP contribution in [0.25, 0.3) is 0 Å². The van der Waals surface area contributed by atoms with E-state index in [-0.39, 0.29) is 5.56 Å². The number of anilines is 1. The summed E-state index contributed by atoms with van der Waals surface area (Å²) in [7, 11) is 0. The van der Waals surface area contributed by atoms with Crippen LogP contribution in [-0.2, 0) is 0 Å². The Hall–Kier alpha value is -1.20. The number of benzene rings is 2. The largest absolute Gasteiger partial charge is 0.322 e. The van der Waals surface area contributed by atoms with Crippen molar-refractivity contribution in [3.63, 3.8) is 0 Å². The van der Waals surface area contributed by atoms with E-state index in [4.69, 9.17) is 0 Å². The van der Waals surface area contributed by atoms with E-state index in [0.717, 1.165) is 10.0 Å². The summed E-state index contributed by atoms with van der Waals surface area (Å²) in [6, 6.07) is 9.83. The predicted octanol–water partition coefficient (Wildman–Crippen LogP) is 4.91. The van der Waals surface area contributed by atoms with Crippen LogP contribution in [0.15, 0.2) is 45.3 Å². The third-order valence-electron chi connectivity index (χ3n) is 2.61. The van der Waals surface area contributed by atoms with E-state index < -0.39 is 11.7 Å². The summed E-state index contributed by atoms with van der Waals surface area (Å²) < 4.78 is 15.0. The van der Waals surface area contributed by atoms with Crippen LogP contribution in [0.1, 0.15) is 15.9 Å². The number of hydrogen-bond acceptors (Lipinski definition) is 1. The van der Waals surface area contributed by atoms with Crippen molar-refractivity contribution >= 4 is 43.5 Å². The Labute approximate surface area is 127 Å². The standard InChI is InChI=1S/C14H10Br2FNO/c1-8-7-9(5-6-10(8)15)18-14(19)13-11(16)3-2-4-12(13)17/h2-7H,1H3,(H,18,19). The van der Waals surface area contributed by atoms with Crippen LogP contribution < -0.4 is 5.32 Å². The molecule has 0 saturated heterocycles. The molecule has 1 N–H and O–H groups in total. The van der Waals surface area contributed by atoms with Gasteiger partial charge in [-0.1, -0.05) is 22.0 Å². The van der Waals surface area contributed by atoms with Crippen molar-refractivity contribution in [2.75, 3.05) is 5.32 Å². The van der Waals surface area contributed by atoms with Gasteiger partial charge in [-0.25, -0.2) is 4.39 Å². The second-order valence-corrected chi connectivity index (χ2v) is 5.72. The molecule has 0 radical (unpaired) electrons. The molecule has 0 spiro atoms.